The number of aliphatic hydroxyl groups excluding tert-OH is 2. The van der Waals surface area contributed by atoms with Crippen LogP contribution in [0.3, 0.4) is 0 Å². The van der Waals surface area contributed by atoms with Gasteiger partial charge < -0.3 is 14.9 Å². The molecule has 13 heavy (non-hydrogen) atoms. The molecule has 1 aliphatic heterocycles. The van der Waals surface area contributed by atoms with E-state index in [0.29, 0.717) is 5.57 Å². The highest BCUT2D eigenvalue weighted by Crippen LogP contribution is 2.20. The van der Waals surface area contributed by atoms with Crippen molar-refractivity contribution in [2.24, 2.45) is 0 Å². The summed E-state index contributed by atoms with van der Waals surface area (Å²) in [7, 11) is 0. The lowest BCUT2D eigenvalue weighted by Crippen LogP contribution is -2.21. The number of hydrogen-bond acceptors (Lipinski definition) is 4. The molecule has 0 fully saturated rings. The molecule has 2 N–H and O–H groups in total. The Morgan fingerprint density at radius 1 is 1.54 bits per heavy atom. The van der Waals surface area contributed by atoms with E-state index in [0.717, 1.165) is 0 Å². The molecule has 3 atom stereocenters. The summed E-state index contributed by atoms with van der Waals surface area (Å²) < 4.78 is 4.84. The molecular weight excluding hydrogens is 172 g/mol. The summed E-state index contributed by atoms with van der Waals surface area (Å²) in [5, 5.41) is 18.2. The number of aliphatic hydroxyl groups is 2. The van der Waals surface area contributed by atoms with Gasteiger partial charge in [-0.05, 0) is 19.9 Å². The molecule has 0 saturated carbocycles. The van der Waals surface area contributed by atoms with Crippen LogP contribution in [0.15, 0.2) is 11.6 Å². The fraction of sp³-hybridized carbons (Fsp3) is 0.667. The van der Waals surface area contributed by atoms with Crippen LogP contribution in [0.4, 0.5) is 0 Å². The van der Waals surface area contributed by atoms with E-state index >= 15 is 0 Å². The van der Waals surface area contributed by atoms with Gasteiger partial charge in [-0.15, -0.1) is 0 Å². The van der Waals surface area contributed by atoms with Crippen molar-refractivity contribution in [3.8, 4) is 0 Å². The second kappa shape index (κ2) is 3.89. The van der Waals surface area contributed by atoms with Crippen molar-refractivity contribution in [3.63, 3.8) is 0 Å². The first-order chi connectivity index (χ1) is 6.00. The zero-order chi connectivity index (χ0) is 10.0. The molecule has 4 heteroatoms. The second-order valence-electron chi connectivity index (χ2n) is 3.36. The largest absolute Gasteiger partial charge is 0.452 e. The number of carbonyl (C=O) groups excluding carboxylic acids is 1. The quantitative estimate of drug-likeness (QED) is 0.608. The normalized spacial score (nSPS) is 26.6. The summed E-state index contributed by atoms with van der Waals surface area (Å²) >= 11 is 0. The molecule has 0 aliphatic carbocycles. The van der Waals surface area contributed by atoms with Gasteiger partial charge in [-0.3, -0.25) is 0 Å². The number of cyclic esters (lactones) is 1. The van der Waals surface area contributed by atoms with E-state index in [2.05, 4.69) is 0 Å². The average molecular weight is 186 g/mol. The Kier molecular flexibility index (Phi) is 3.06. The predicted octanol–water partition coefficient (Wildman–Crippen LogP) is -0.0101. The third kappa shape index (κ3) is 2.54. The Morgan fingerprint density at radius 2 is 2.15 bits per heavy atom. The van der Waals surface area contributed by atoms with E-state index in [1.54, 1.807) is 19.9 Å². The summed E-state index contributed by atoms with van der Waals surface area (Å²) in [6.07, 6.45) is 0.0325. The van der Waals surface area contributed by atoms with Crippen molar-refractivity contribution in [3.05, 3.63) is 11.6 Å². The third-order valence-electron chi connectivity index (χ3n) is 1.86. The monoisotopic (exact) mass is 186 g/mol. The van der Waals surface area contributed by atoms with Crippen molar-refractivity contribution in [2.45, 2.75) is 38.6 Å². The maximum atomic E-state index is 11.1. The van der Waals surface area contributed by atoms with Gasteiger partial charge in [0.2, 0.25) is 0 Å². The first-order valence-electron chi connectivity index (χ1n) is 4.28. The van der Waals surface area contributed by atoms with Crippen LogP contribution >= 0.6 is 0 Å². The minimum absolute atomic E-state index is 0.280. The van der Waals surface area contributed by atoms with Crippen molar-refractivity contribution in [1.29, 1.82) is 0 Å². The Morgan fingerprint density at radius 3 is 2.54 bits per heavy atom. The van der Waals surface area contributed by atoms with Gasteiger partial charge in [0.05, 0.1) is 12.2 Å². The average Bonchev–Trinajstić information content (AvgIpc) is 2.31. The molecule has 4 nitrogen and oxygen atoms in total. The maximum Gasteiger partial charge on any atom is 0.334 e. The van der Waals surface area contributed by atoms with Crippen LogP contribution in [0.25, 0.3) is 0 Å². The zero-order valence-electron chi connectivity index (χ0n) is 7.73. The van der Waals surface area contributed by atoms with Crippen LogP contribution < -0.4 is 0 Å². The highest BCUT2D eigenvalue weighted by molar-refractivity contribution is 5.91. The minimum atomic E-state index is -0.699. The molecular formula is C9H14O4. The van der Waals surface area contributed by atoms with Gasteiger partial charge in [-0.25, -0.2) is 4.79 Å². The van der Waals surface area contributed by atoms with Crippen molar-refractivity contribution in [2.75, 3.05) is 0 Å². The van der Waals surface area contributed by atoms with Crippen molar-refractivity contribution in [1.82, 2.24) is 0 Å². The molecule has 0 spiro atoms. The van der Waals surface area contributed by atoms with Gasteiger partial charge in [-0.2, -0.15) is 0 Å². The highest BCUT2D eigenvalue weighted by atomic mass is 16.6. The van der Waals surface area contributed by atoms with Gasteiger partial charge in [0, 0.05) is 12.0 Å². The van der Waals surface area contributed by atoms with Gasteiger partial charge in [-0.1, -0.05) is 0 Å². The molecule has 0 amide bonds. The maximum absolute atomic E-state index is 11.1. The lowest BCUT2D eigenvalue weighted by atomic mass is 10.1. The third-order valence-corrected chi connectivity index (χ3v) is 1.86. The lowest BCUT2D eigenvalue weighted by Gasteiger charge is -2.09. The number of rotatable bonds is 3. The molecule has 1 rings (SSSR count). The molecule has 0 radical (unpaired) electrons. The Hall–Kier alpha value is -0.870. The first kappa shape index (κ1) is 10.2. The van der Waals surface area contributed by atoms with Crippen LogP contribution in [-0.4, -0.2) is 34.5 Å². The van der Waals surface area contributed by atoms with Crippen LogP contribution in [0.5, 0.6) is 0 Å². The molecule has 0 aromatic heterocycles. The van der Waals surface area contributed by atoms with E-state index in [1.165, 1.54) is 0 Å². The molecule has 0 aromatic rings. The van der Waals surface area contributed by atoms with Crippen LogP contribution in [0.1, 0.15) is 20.3 Å². The first-order valence-corrected chi connectivity index (χ1v) is 4.28. The van der Waals surface area contributed by atoms with Crippen LogP contribution in [-0.2, 0) is 9.53 Å². The fourth-order valence-electron chi connectivity index (χ4n) is 1.21. The van der Waals surface area contributed by atoms with E-state index in [1.807, 2.05) is 0 Å². The predicted molar refractivity (Wildman–Crippen MR) is 45.9 cm³/mol. The standard InChI is InChI=1S/C9H14O4/c1-5(10)3-7-4-8(6(2)11)13-9(7)12/h4-6,8,10-11H,3H2,1-2H3/t5-,6-,8+/m0/s1. The molecule has 0 unspecified atom stereocenters. The molecule has 1 aliphatic rings. The topological polar surface area (TPSA) is 66.8 Å². The Bertz CT molecular complexity index is 230. The second-order valence-corrected chi connectivity index (χ2v) is 3.36. The van der Waals surface area contributed by atoms with E-state index < -0.39 is 24.3 Å². The Labute approximate surface area is 76.8 Å². The molecule has 74 valence electrons. The fourth-order valence-corrected chi connectivity index (χ4v) is 1.21. The number of ether oxygens (including phenoxy) is 1. The molecule has 0 saturated heterocycles. The smallest absolute Gasteiger partial charge is 0.334 e. The number of hydrogen-bond donors (Lipinski definition) is 2. The molecule has 0 bridgehead atoms. The summed E-state index contributed by atoms with van der Waals surface area (Å²) in [5.41, 5.74) is 0.445. The summed E-state index contributed by atoms with van der Waals surface area (Å²) in [5.74, 6) is -0.438. The van der Waals surface area contributed by atoms with Crippen molar-refractivity contribution < 1.29 is 19.7 Å². The van der Waals surface area contributed by atoms with E-state index in [9.17, 15) is 4.79 Å². The summed E-state index contributed by atoms with van der Waals surface area (Å²) in [6, 6.07) is 0. The van der Waals surface area contributed by atoms with Gasteiger partial charge in [0.25, 0.3) is 0 Å². The van der Waals surface area contributed by atoms with Crippen molar-refractivity contribution >= 4 is 5.97 Å². The van der Waals surface area contributed by atoms with Crippen LogP contribution in [0, 0.1) is 0 Å². The number of carbonyl (C=O) groups is 1. The lowest BCUT2D eigenvalue weighted by molar-refractivity contribution is -0.143. The molecule has 0 aromatic carbocycles. The van der Waals surface area contributed by atoms with E-state index in [-0.39, 0.29) is 6.42 Å². The zero-order valence-corrected chi connectivity index (χ0v) is 7.73. The summed E-state index contributed by atoms with van der Waals surface area (Å²) in [4.78, 5) is 11.1. The SMILES string of the molecule is C[C@H](O)CC1=C[C@H]([C@H](C)O)OC1=O. The van der Waals surface area contributed by atoms with Gasteiger partial charge in [0.15, 0.2) is 0 Å². The van der Waals surface area contributed by atoms with Gasteiger partial charge >= 0.3 is 5.97 Å². The van der Waals surface area contributed by atoms with E-state index in [4.69, 9.17) is 14.9 Å². The highest BCUT2D eigenvalue weighted by Gasteiger charge is 2.28. The minimum Gasteiger partial charge on any atom is -0.452 e. The summed E-state index contributed by atoms with van der Waals surface area (Å²) in [6.45, 7) is 3.16. The number of esters is 1. The Balaban J connectivity index is 2.63. The van der Waals surface area contributed by atoms with Crippen LogP contribution in [0.2, 0.25) is 0 Å². The molecule has 1 heterocycles. The van der Waals surface area contributed by atoms with Gasteiger partial charge in [0.1, 0.15) is 6.10 Å².